The van der Waals surface area contributed by atoms with Gasteiger partial charge in [0.05, 0.1) is 12.0 Å². The second-order valence-corrected chi connectivity index (χ2v) is 5.67. The first-order valence-electron chi connectivity index (χ1n) is 7.05. The molecule has 1 aromatic carbocycles. The number of carbonyl (C=O) groups excluding carboxylic acids is 1. The van der Waals surface area contributed by atoms with Crippen molar-refractivity contribution in [3.8, 4) is 0 Å². The highest BCUT2D eigenvalue weighted by Crippen LogP contribution is 2.19. The molecule has 1 aromatic rings. The number of halogens is 1. The van der Waals surface area contributed by atoms with Gasteiger partial charge in [-0.2, -0.15) is 0 Å². The topological polar surface area (TPSA) is 78.9 Å². The standard InChI is InChI=1S/C15H19ClN2O4/c1-22-13(10-2-4-12(16)5-3-10)8-17-15(21)18-7-6-11(9-18)14(19)20/h2-5,11,13H,6-9H2,1H3,(H,17,21)(H,19,20). The predicted molar refractivity (Wildman–Crippen MR) is 81.9 cm³/mol. The maximum atomic E-state index is 12.1. The molecule has 0 aromatic heterocycles. The van der Waals surface area contributed by atoms with E-state index in [1.165, 1.54) is 4.90 Å². The van der Waals surface area contributed by atoms with E-state index in [9.17, 15) is 9.59 Å². The molecule has 1 saturated heterocycles. The van der Waals surface area contributed by atoms with Crippen LogP contribution in [0.1, 0.15) is 18.1 Å². The molecule has 1 aliphatic rings. The Labute approximate surface area is 134 Å². The lowest BCUT2D eigenvalue weighted by atomic mass is 10.1. The van der Waals surface area contributed by atoms with Crippen LogP contribution in [-0.4, -0.2) is 48.8 Å². The quantitative estimate of drug-likeness (QED) is 0.869. The first kappa shape index (κ1) is 16.6. The van der Waals surface area contributed by atoms with Gasteiger partial charge in [-0.25, -0.2) is 4.79 Å². The Morgan fingerprint density at radius 2 is 2.14 bits per heavy atom. The number of hydrogen-bond acceptors (Lipinski definition) is 3. The third-order valence-electron chi connectivity index (χ3n) is 3.79. The van der Waals surface area contributed by atoms with E-state index in [4.69, 9.17) is 21.4 Å². The predicted octanol–water partition coefficient (Wildman–Crippen LogP) is 2.14. The van der Waals surface area contributed by atoms with Crippen molar-refractivity contribution >= 4 is 23.6 Å². The number of amides is 2. The van der Waals surface area contributed by atoms with Gasteiger partial charge < -0.3 is 20.1 Å². The summed E-state index contributed by atoms with van der Waals surface area (Å²) in [7, 11) is 1.57. The summed E-state index contributed by atoms with van der Waals surface area (Å²) in [6.45, 7) is 1.02. The van der Waals surface area contributed by atoms with Gasteiger partial charge in [-0.05, 0) is 24.1 Å². The summed E-state index contributed by atoms with van der Waals surface area (Å²) in [6, 6.07) is 6.96. The number of rotatable bonds is 5. The highest BCUT2D eigenvalue weighted by molar-refractivity contribution is 6.30. The summed E-state index contributed by atoms with van der Waals surface area (Å²) in [6.07, 6.45) is 0.215. The summed E-state index contributed by atoms with van der Waals surface area (Å²) in [5.74, 6) is -1.33. The minimum Gasteiger partial charge on any atom is -0.481 e. The fourth-order valence-electron chi connectivity index (χ4n) is 2.45. The number of carboxylic acid groups (broad SMARTS) is 1. The van der Waals surface area contributed by atoms with Crippen molar-refractivity contribution in [2.24, 2.45) is 5.92 Å². The molecule has 2 rings (SSSR count). The molecule has 2 atom stereocenters. The lowest BCUT2D eigenvalue weighted by Crippen LogP contribution is -2.40. The maximum absolute atomic E-state index is 12.1. The third kappa shape index (κ3) is 4.11. The number of ether oxygens (including phenoxy) is 1. The third-order valence-corrected chi connectivity index (χ3v) is 4.04. The zero-order valence-electron chi connectivity index (χ0n) is 12.3. The molecule has 1 fully saturated rings. The molecule has 0 spiro atoms. The molecule has 1 aliphatic heterocycles. The average Bonchev–Trinajstić information content (AvgIpc) is 2.99. The van der Waals surface area contributed by atoms with Crippen LogP contribution >= 0.6 is 11.6 Å². The summed E-state index contributed by atoms with van der Waals surface area (Å²) in [5, 5.41) is 12.4. The molecule has 2 N–H and O–H groups in total. The Kier molecular flexibility index (Phi) is 5.63. The van der Waals surface area contributed by atoms with Gasteiger partial charge in [0, 0.05) is 31.8 Å². The zero-order chi connectivity index (χ0) is 16.1. The van der Waals surface area contributed by atoms with Crippen LogP contribution in [0.3, 0.4) is 0 Å². The van der Waals surface area contributed by atoms with Crippen molar-refractivity contribution in [3.05, 3.63) is 34.9 Å². The SMILES string of the molecule is COC(CNC(=O)N1CCC(C(=O)O)C1)c1ccc(Cl)cc1. The Morgan fingerprint density at radius 1 is 1.45 bits per heavy atom. The summed E-state index contributed by atoms with van der Waals surface area (Å²) in [4.78, 5) is 24.5. The van der Waals surface area contributed by atoms with E-state index in [0.29, 0.717) is 24.5 Å². The highest BCUT2D eigenvalue weighted by atomic mass is 35.5. The Morgan fingerprint density at radius 3 is 2.68 bits per heavy atom. The Bertz CT molecular complexity index is 535. The number of carboxylic acids is 1. The van der Waals surface area contributed by atoms with E-state index >= 15 is 0 Å². The number of hydrogen-bond donors (Lipinski definition) is 2. The van der Waals surface area contributed by atoms with Crippen LogP contribution < -0.4 is 5.32 Å². The molecule has 1 heterocycles. The van der Waals surface area contributed by atoms with Crippen molar-refractivity contribution in [3.63, 3.8) is 0 Å². The van der Waals surface area contributed by atoms with Crippen LogP contribution in [-0.2, 0) is 9.53 Å². The number of benzene rings is 1. The smallest absolute Gasteiger partial charge is 0.317 e. The molecule has 6 nitrogen and oxygen atoms in total. The van der Waals surface area contributed by atoms with Crippen LogP contribution in [0, 0.1) is 5.92 Å². The molecule has 2 unspecified atom stereocenters. The van der Waals surface area contributed by atoms with E-state index in [1.807, 2.05) is 12.1 Å². The second kappa shape index (κ2) is 7.47. The summed E-state index contributed by atoms with van der Waals surface area (Å²) >= 11 is 5.85. The summed E-state index contributed by atoms with van der Waals surface area (Å²) < 4.78 is 5.38. The van der Waals surface area contributed by atoms with Crippen molar-refractivity contribution < 1.29 is 19.4 Å². The van der Waals surface area contributed by atoms with Crippen LogP contribution in [0.4, 0.5) is 4.79 Å². The van der Waals surface area contributed by atoms with Gasteiger partial charge in [0.2, 0.25) is 0 Å². The Balaban J connectivity index is 1.87. The number of aliphatic carboxylic acids is 1. The number of nitrogens with one attached hydrogen (secondary N) is 1. The van der Waals surface area contributed by atoms with Crippen LogP contribution in [0.15, 0.2) is 24.3 Å². The molecule has 0 radical (unpaired) electrons. The number of likely N-dealkylation sites (tertiary alicyclic amines) is 1. The average molecular weight is 327 g/mol. The Hall–Kier alpha value is -1.79. The molecule has 120 valence electrons. The molecule has 7 heteroatoms. The number of urea groups is 1. The van der Waals surface area contributed by atoms with Crippen LogP contribution in [0.25, 0.3) is 0 Å². The van der Waals surface area contributed by atoms with Gasteiger partial charge in [0.25, 0.3) is 0 Å². The minimum atomic E-state index is -0.855. The molecular formula is C15H19ClN2O4. The lowest BCUT2D eigenvalue weighted by molar-refractivity contribution is -0.141. The highest BCUT2D eigenvalue weighted by Gasteiger charge is 2.30. The van der Waals surface area contributed by atoms with Crippen molar-refractivity contribution in [2.75, 3.05) is 26.7 Å². The molecule has 22 heavy (non-hydrogen) atoms. The minimum absolute atomic E-state index is 0.250. The number of carbonyl (C=O) groups is 2. The number of nitrogens with zero attached hydrogens (tertiary/aromatic N) is 1. The maximum Gasteiger partial charge on any atom is 0.317 e. The van der Waals surface area contributed by atoms with Gasteiger partial charge in [-0.1, -0.05) is 23.7 Å². The van der Waals surface area contributed by atoms with E-state index in [-0.39, 0.29) is 18.7 Å². The normalized spacial score (nSPS) is 19.0. The monoisotopic (exact) mass is 326 g/mol. The zero-order valence-corrected chi connectivity index (χ0v) is 13.0. The van der Waals surface area contributed by atoms with Gasteiger partial charge >= 0.3 is 12.0 Å². The van der Waals surface area contributed by atoms with E-state index in [1.54, 1.807) is 19.2 Å². The van der Waals surface area contributed by atoms with E-state index in [0.717, 1.165) is 5.56 Å². The molecule has 0 aliphatic carbocycles. The van der Waals surface area contributed by atoms with Gasteiger partial charge in [0.1, 0.15) is 0 Å². The molecular weight excluding hydrogens is 308 g/mol. The largest absolute Gasteiger partial charge is 0.481 e. The van der Waals surface area contributed by atoms with Crippen LogP contribution in [0.2, 0.25) is 5.02 Å². The van der Waals surface area contributed by atoms with E-state index < -0.39 is 11.9 Å². The molecule has 2 amide bonds. The molecule has 0 saturated carbocycles. The second-order valence-electron chi connectivity index (χ2n) is 5.23. The van der Waals surface area contributed by atoms with Gasteiger partial charge in [-0.3, -0.25) is 4.79 Å². The fraction of sp³-hybridized carbons (Fsp3) is 0.467. The fourth-order valence-corrected chi connectivity index (χ4v) is 2.58. The first-order valence-corrected chi connectivity index (χ1v) is 7.43. The van der Waals surface area contributed by atoms with Gasteiger partial charge in [0.15, 0.2) is 0 Å². The van der Waals surface area contributed by atoms with Gasteiger partial charge in [-0.15, -0.1) is 0 Å². The summed E-state index contributed by atoms with van der Waals surface area (Å²) in [5.41, 5.74) is 0.914. The van der Waals surface area contributed by atoms with Crippen molar-refractivity contribution in [1.29, 1.82) is 0 Å². The van der Waals surface area contributed by atoms with E-state index in [2.05, 4.69) is 5.32 Å². The molecule has 0 bridgehead atoms. The van der Waals surface area contributed by atoms with Crippen molar-refractivity contribution in [1.82, 2.24) is 10.2 Å². The van der Waals surface area contributed by atoms with Crippen LogP contribution in [0.5, 0.6) is 0 Å². The van der Waals surface area contributed by atoms with Crippen molar-refractivity contribution in [2.45, 2.75) is 12.5 Å². The first-order chi connectivity index (χ1) is 10.5. The lowest BCUT2D eigenvalue weighted by Gasteiger charge is -2.20. The number of methoxy groups -OCH3 is 1.